The first-order chi connectivity index (χ1) is 15.7. The lowest BCUT2D eigenvalue weighted by Gasteiger charge is -2.38. The topological polar surface area (TPSA) is 48.5 Å². The van der Waals surface area contributed by atoms with Gasteiger partial charge in [0.2, 0.25) is 5.91 Å². The van der Waals surface area contributed by atoms with E-state index in [1.54, 1.807) is 0 Å². The number of piperazine rings is 1. The Bertz CT molecular complexity index is 858. The van der Waals surface area contributed by atoms with Crippen LogP contribution in [0, 0.1) is 11.8 Å². The maximum atomic E-state index is 12.8. The standard InChI is InChI=1S/C24H32ClF3N4O/c1-16(18-4-6-20(7-5-18)30-22(33)12-17-2-3-17)15-31-8-10-32(11-9-31)23-21(25)13-19(14-29-23)24(26,27)28/h13-14,17-18,20H,1-12,15H2,(H,30,33). The summed E-state index contributed by atoms with van der Waals surface area (Å²) in [6.07, 6.45) is 3.60. The number of pyridine rings is 1. The van der Waals surface area contributed by atoms with Crippen LogP contribution in [0.25, 0.3) is 0 Å². The molecule has 3 fully saturated rings. The first kappa shape index (κ1) is 24.3. The Labute approximate surface area is 198 Å². The summed E-state index contributed by atoms with van der Waals surface area (Å²) in [4.78, 5) is 20.3. The number of amides is 1. The van der Waals surface area contributed by atoms with Crippen LogP contribution >= 0.6 is 11.6 Å². The molecule has 182 valence electrons. The van der Waals surface area contributed by atoms with Gasteiger partial charge < -0.3 is 10.2 Å². The van der Waals surface area contributed by atoms with Crippen molar-refractivity contribution in [2.75, 3.05) is 37.6 Å². The molecule has 0 unspecified atom stereocenters. The van der Waals surface area contributed by atoms with Crippen molar-refractivity contribution in [1.29, 1.82) is 0 Å². The molecule has 2 saturated carbocycles. The SMILES string of the molecule is C=C(CN1CCN(c2ncc(C(F)(F)F)cc2Cl)CC1)C1CCC(NC(=O)CC2CC2)CC1. The largest absolute Gasteiger partial charge is 0.417 e. The van der Waals surface area contributed by atoms with Gasteiger partial charge in [-0.2, -0.15) is 13.2 Å². The number of hydrogen-bond donors (Lipinski definition) is 1. The number of nitrogens with one attached hydrogen (secondary N) is 1. The lowest BCUT2D eigenvalue weighted by Crippen LogP contribution is -2.47. The fourth-order valence-corrected chi connectivity index (χ4v) is 5.16. The van der Waals surface area contributed by atoms with E-state index in [4.69, 9.17) is 11.6 Å². The van der Waals surface area contributed by atoms with E-state index in [0.717, 1.165) is 57.6 Å². The molecule has 9 heteroatoms. The van der Waals surface area contributed by atoms with Gasteiger partial charge in [-0.15, -0.1) is 0 Å². The van der Waals surface area contributed by atoms with Gasteiger partial charge in [0.15, 0.2) is 0 Å². The number of anilines is 1. The van der Waals surface area contributed by atoms with Crippen molar-refractivity contribution in [1.82, 2.24) is 15.2 Å². The van der Waals surface area contributed by atoms with Gasteiger partial charge in [-0.3, -0.25) is 9.69 Å². The van der Waals surface area contributed by atoms with Gasteiger partial charge in [-0.25, -0.2) is 4.98 Å². The Morgan fingerprint density at radius 3 is 2.36 bits per heavy atom. The van der Waals surface area contributed by atoms with Crippen molar-refractivity contribution in [3.05, 3.63) is 35.0 Å². The molecule has 4 rings (SSSR count). The van der Waals surface area contributed by atoms with Gasteiger partial charge in [0.25, 0.3) is 0 Å². The highest BCUT2D eigenvalue weighted by molar-refractivity contribution is 6.33. The first-order valence-electron chi connectivity index (χ1n) is 11.9. The summed E-state index contributed by atoms with van der Waals surface area (Å²) in [5.74, 6) is 1.71. The van der Waals surface area contributed by atoms with Crippen LogP contribution in [0.2, 0.25) is 5.02 Å². The molecule has 0 bridgehead atoms. The van der Waals surface area contributed by atoms with Gasteiger partial charge in [0.1, 0.15) is 5.82 Å². The van der Waals surface area contributed by atoms with Crippen LogP contribution in [0.5, 0.6) is 0 Å². The highest BCUT2D eigenvalue weighted by atomic mass is 35.5. The zero-order valence-corrected chi connectivity index (χ0v) is 19.6. The van der Waals surface area contributed by atoms with Crippen LogP contribution in [0.1, 0.15) is 50.5 Å². The van der Waals surface area contributed by atoms with Crippen molar-refractivity contribution in [3.63, 3.8) is 0 Å². The Morgan fingerprint density at radius 2 is 1.79 bits per heavy atom. The smallest absolute Gasteiger partial charge is 0.353 e. The molecule has 1 aliphatic heterocycles. The average Bonchev–Trinajstić information content (AvgIpc) is 3.58. The Hall–Kier alpha value is -1.80. The van der Waals surface area contributed by atoms with Crippen LogP contribution in [-0.2, 0) is 11.0 Å². The summed E-state index contributed by atoms with van der Waals surface area (Å²) >= 11 is 6.10. The molecular weight excluding hydrogens is 453 g/mol. The number of carbonyl (C=O) groups is 1. The molecule has 0 radical (unpaired) electrons. The Kier molecular flexibility index (Phi) is 7.53. The van der Waals surface area contributed by atoms with Crippen LogP contribution in [0.4, 0.5) is 19.0 Å². The lowest BCUT2D eigenvalue weighted by atomic mass is 9.81. The maximum Gasteiger partial charge on any atom is 0.417 e. The maximum absolute atomic E-state index is 12.8. The van der Waals surface area contributed by atoms with Crippen LogP contribution in [0.15, 0.2) is 24.4 Å². The minimum atomic E-state index is -4.45. The summed E-state index contributed by atoms with van der Waals surface area (Å²) in [7, 11) is 0. The second-order valence-corrected chi connectivity index (χ2v) is 10.1. The number of hydrogen-bond acceptors (Lipinski definition) is 4. The minimum absolute atomic E-state index is 0.0312. The van der Waals surface area contributed by atoms with E-state index in [1.807, 2.05) is 4.90 Å². The third kappa shape index (κ3) is 6.63. The van der Waals surface area contributed by atoms with E-state index in [-0.39, 0.29) is 10.9 Å². The van der Waals surface area contributed by atoms with Crippen molar-refractivity contribution >= 4 is 23.3 Å². The number of aromatic nitrogens is 1. The Balaban J connectivity index is 1.19. The minimum Gasteiger partial charge on any atom is -0.353 e. The molecule has 2 heterocycles. The van der Waals surface area contributed by atoms with E-state index in [1.165, 1.54) is 18.4 Å². The second kappa shape index (κ2) is 10.2. The predicted octanol–water partition coefficient (Wildman–Crippen LogP) is 4.91. The van der Waals surface area contributed by atoms with Crippen molar-refractivity contribution in [2.24, 2.45) is 11.8 Å². The molecule has 5 nitrogen and oxygen atoms in total. The number of nitrogens with zero attached hydrogens (tertiary/aromatic N) is 3. The molecular formula is C24H32ClF3N4O. The molecule has 2 aliphatic carbocycles. The summed E-state index contributed by atoms with van der Waals surface area (Å²) in [5.41, 5.74) is 0.403. The van der Waals surface area contributed by atoms with Crippen molar-refractivity contribution in [2.45, 2.75) is 57.2 Å². The van der Waals surface area contributed by atoms with Gasteiger partial charge in [-0.05, 0) is 56.4 Å². The molecule has 33 heavy (non-hydrogen) atoms. The van der Waals surface area contributed by atoms with E-state index >= 15 is 0 Å². The van der Waals surface area contributed by atoms with Crippen molar-refractivity contribution in [3.8, 4) is 0 Å². The summed E-state index contributed by atoms with van der Waals surface area (Å²) in [6.45, 7) is 8.05. The molecule has 1 aromatic rings. The van der Waals surface area contributed by atoms with Gasteiger partial charge in [0.05, 0.1) is 10.6 Å². The molecule has 1 saturated heterocycles. The molecule has 0 aromatic carbocycles. The van der Waals surface area contributed by atoms with Gasteiger partial charge >= 0.3 is 6.18 Å². The number of alkyl halides is 3. The summed E-state index contributed by atoms with van der Waals surface area (Å²) in [5, 5.41) is 3.24. The van der Waals surface area contributed by atoms with Crippen molar-refractivity contribution < 1.29 is 18.0 Å². The van der Waals surface area contributed by atoms with E-state index in [0.29, 0.717) is 43.2 Å². The van der Waals surface area contributed by atoms with E-state index in [2.05, 4.69) is 21.8 Å². The number of rotatable bonds is 7. The Morgan fingerprint density at radius 1 is 1.12 bits per heavy atom. The highest BCUT2D eigenvalue weighted by Gasteiger charge is 2.33. The first-order valence-corrected chi connectivity index (χ1v) is 12.2. The fourth-order valence-electron chi connectivity index (χ4n) is 4.87. The molecule has 1 N–H and O–H groups in total. The number of halogens is 4. The van der Waals surface area contributed by atoms with Gasteiger partial charge in [-0.1, -0.05) is 23.8 Å². The van der Waals surface area contributed by atoms with Gasteiger partial charge in [0, 0.05) is 51.4 Å². The third-order valence-electron chi connectivity index (χ3n) is 7.09. The molecule has 0 atom stereocenters. The van der Waals surface area contributed by atoms with Crippen LogP contribution in [0.3, 0.4) is 0 Å². The second-order valence-electron chi connectivity index (χ2n) is 9.71. The van der Waals surface area contributed by atoms with E-state index in [9.17, 15) is 18.0 Å². The quantitative estimate of drug-likeness (QED) is 0.559. The lowest BCUT2D eigenvalue weighted by molar-refractivity contribution is -0.137. The normalized spacial score (nSPS) is 24.5. The summed E-state index contributed by atoms with van der Waals surface area (Å²) < 4.78 is 38.5. The molecule has 1 aromatic heterocycles. The average molecular weight is 485 g/mol. The molecule has 1 amide bonds. The third-order valence-corrected chi connectivity index (χ3v) is 7.37. The highest BCUT2D eigenvalue weighted by Crippen LogP contribution is 2.35. The van der Waals surface area contributed by atoms with E-state index < -0.39 is 11.7 Å². The molecule has 0 spiro atoms. The number of carbonyl (C=O) groups excluding carboxylic acids is 1. The zero-order chi connectivity index (χ0) is 23.6. The predicted molar refractivity (Wildman–Crippen MR) is 123 cm³/mol. The van der Waals surface area contributed by atoms with Crippen LogP contribution in [-0.4, -0.2) is 54.6 Å². The van der Waals surface area contributed by atoms with Crippen LogP contribution < -0.4 is 10.2 Å². The summed E-state index contributed by atoms with van der Waals surface area (Å²) in [6, 6.07) is 1.24. The monoisotopic (exact) mass is 484 g/mol. The molecule has 3 aliphatic rings. The zero-order valence-electron chi connectivity index (χ0n) is 18.8. The fraction of sp³-hybridized carbons (Fsp3) is 0.667.